The molecule has 186 valence electrons. The summed E-state index contributed by atoms with van der Waals surface area (Å²) in [6, 6.07) is 15.8. The van der Waals surface area contributed by atoms with Gasteiger partial charge in [-0.1, -0.05) is 30.3 Å². The second kappa shape index (κ2) is 13.3. The van der Waals surface area contributed by atoms with Gasteiger partial charge in [0.25, 0.3) is 0 Å². The Balaban J connectivity index is 1.36. The van der Waals surface area contributed by atoms with Crippen molar-refractivity contribution in [3.8, 4) is 11.5 Å². The van der Waals surface area contributed by atoms with Crippen molar-refractivity contribution in [2.75, 3.05) is 68.8 Å². The fourth-order valence-electron chi connectivity index (χ4n) is 3.30. The molecule has 1 aliphatic rings. The molecule has 0 aliphatic carbocycles. The SMILES string of the molecule is NCCOCCOCCNc1nc(NCCc2ccccc2)nc(Nc2ccc3c(c2)OCO3)n1. The highest BCUT2D eigenvalue weighted by atomic mass is 16.7. The lowest BCUT2D eigenvalue weighted by Gasteiger charge is -2.12. The van der Waals surface area contributed by atoms with Crippen LogP contribution in [0.15, 0.2) is 48.5 Å². The number of nitrogens with one attached hydrogen (secondary N) is 3. The second-order valence-corrected chi connectivity index (χ2v) is 7.60. The van der Waals surface area contributed by atoms with Gasteiger partial charge in [0.05, 0.1) is 26.4 Å². The maximum absolute atomic E-state index is 5.56. The van der Waals surface area contributed by atoms with Gasteiger partial charge in [0, 0.05) is 31.4 Å². The van der Waals surface area contributed by atoms with Gasteiger partial charge in [0.2, 0.25) is 24.6 Å². The fourth-order valence-corrected chi connectivity index (χ4v) is 3.30. The molecule has 0 atom stereocenters. The van der Waals surface area contributed by atoms with Gasteiger partial charge in [-0.3, -0.25) is 0 Å². The number of hydrogen-bond donors (Lipinski definition) is 4. The number of ether oxygens (including phenoxy) is 4. The Morgan fingerprint density at radius 2 is 1.49 bits per heavy atom. The maximum atomic E-state index is 5.56. The van der Waals surface area contributed by atoms with Crippen LogP contribution in [0.1, 0.15) is 5.56 Å². The quantitative estimate of drug-likeness (QED) is 0.238. The van der Waals surface area contributed by atoms with Crippen LogP contribution in [0.25, 0.3) is 0 Å². The molecule has 3 aromatic rings. The summed E-state index contributed by atoms with van der Waals surface area (Å²) < 4.78 is 21.7. The Hall–Kier alpha value is -3.67. The average molecular weight is 482 g/mol. The number of benzene rings is 2. The third-order valence-corrected chi connectivity index (χ3v) is 4.97. The highest BCUT2D eigenvalue weighted by Gasteiger charge is 2.14. The maximum Gasteiger partial charge on any atom is 0.233 e. The molecule has 0 radical (unpaired) electrons. The summed E-state index contributed by atoms with van der Waals surface area (Å²) in [6.07, 6.45) is 0.847. The summed E-state index contributed by atoms with van der Waals surface area (Å²) in [5.41, 5.74) is 7.41. The number of fused-ring (bicyclic) bond motifs is 1. The molecule has 0 fully saturated rings. The first-order chi connectivity index (χ1) is 17.3. The van der Waals surface area contributed by atoms with Gasteiger partial charge >= 0.3 is 0 Å². The van der Waals surface area contributed by atoms with Gasteiger partial charge in [-0.05, 0) is 24.1 Å². The molecular weight excluding hydrogens is 450 g/mol. The largest absolute Gasteiger partial charge is 0.454 e. The minimum absolute atomic E-state index is 0.218. The van der Waals surface area contributed by atoms with Crippen LogP contribution >= 0.6 is 0 Å². The number of hydrogen-bond acceptors (Lipinski definition) is 11. The van der Waals surface area contributed by atoms with Gasteiger partial charge in [-0.15, -0.1) is 0 Å². The lowest BCUT2D eigenvalue weighted by Crippen LogP contribution is -2.17. The standard InChI is InChI=1S/C24H31N7O4/c25-9-12-32-14-15-33-13-11-27-23-29-22(26-10-8-18-4-2-1-3-5-18)30-24(31-23)28-19-6-7-20-21(16-19)35-17-34-20/h1-7,16H,8-15,17,25H2,(H3,26,27,28,29,30,31). The van der Waals surface area contributed by atoms with Crippen molar-refractivity contribution in [2.45, 2.75) is 6.42 Å². The number of aromatic nitrogens is 3. The Labute approximate surface area is 204 Å². The van der Waals surface area contributed by atoms with E-state index in [2.05, 4.69) is 43.0 Å². The lowest BCUT2D eigenvalue weighted by atomic mass is 10.1. The molecule has 4 rings (SSSR count). The molecular formula is C24H31N7O4. The third-order valence-electron chi connectivity index (χ3n) is 4.97. The molecule has 1 aliphatic heterocycles. The van der Waals surface area contributed by atoms with Crippen LogP contribution in [-0.2, 0) is 15.9 Å². The van der Waals surface area contributed by atoms with E-state index in [1.165, 1.54) is 5.56 Å². The molecule has 11 nitrogen and oxygen atoms in total. The van der Waals surface area contributed by atoms with E-state index in [0.29, 0.717) is 75.4 Å². The Kier molecular flexibility index (Phi) is 9.28. The first-order valence-corrected chi connectivity index (χ1v) is 11.6. The molecule has 2 heterocycles. The van der Waals surface area contributed by atoms with Crippen molar-refractivity contribution < 1.29 is 18.9 Å². The third kappa shape index (κ3) is 7.95. The molecule has 1 aromatic heterocycles. The molecule has 5 N–H and O–H groups in total. The van der Waals surface area contributed by atoms with Gasteiger partial charge in [-0.2, -0.15) is 15.0 Å². The Morgan fingerprint density at radius 3 is 2.29 bits per heavy atom. The topological polar surface area (TPSA) is 138 Å². The zero-order valence-corrected chi connectivity index (χ0v) is 19.5. The van der Waals surface area contributed by atoms with E-state index in [4.69, 9.17) is 24.7 Å². The van der Waals surface area contributed by atoms with Crippen LogP contribution in [0.2, 0.25) is 0 Å². The molecule has 0 unspecified atom stereocenters. The van der Waals surface area contributed by atoms with Crippen LogP contribution in [0.3, 0.4) is 0 Å². The van der Waals surface area contributed by atoms with Crippen molar-refractivity contribution in [1.29, 1.82) is 0 Å². The highest BCUT2D eigenvalue weighted by Crippen LogP contribution is 2.34. The Morgan fingerprint density at radius 1 is 0.771 bits per heavy atom. The first kappa shape index (κ1) is 24.5. The van der Waals surface area contributed by atoms with Gasteiger partial charge in [0.15, 0.2) is 11.5 Å². The van der Waals surface area contributed by atoms with E-state index in [-0.39, 0.29) is 6.79 Å². The van der Waals surface area contributed by atoms with Crippen LogP contribution in [-0.4, -0.2) is 67.8 Å². The molecule has 0 bridgehead atoms. The van der Waals surface area contributed by atoms with E-state index in [9.17, 15) is 0 Å². The number of nitrogens with zero attached hydrogens (tertiary/aromatic N) is 3. The minimum Gasteiger partial charge on any atom is -0.454 e. The molecule has 2 aromatic carbocycles. The van der Waals surface area contributed by atoms with Crippen molar-refractivity contribution in [1.82, 2.24) is 15.0 Å². The van der Waals surface area contributed by atoms with Gasteiger partial charge in [-0.25, -0.2) is 0 Å². The van der Waals surface area contributed by atoms with Crippen molar-refractivity contribution in [2.24, 2.45) is 5.73 Å². The molecule has 11 heteroatoms. The summed E-state index contributed by atoms with van der Waals surface area (Å²) >= 11 is 0. The van der Waals surface area contributed by atoms with E-state index < -0.39 is 0 Å². The smallest absolute Gasteiger partial charge is 0.233 e. The predicted octanol–water partition coefficient (Wildman–Crippen LogP) is 2.40. The molecule has 0 saturated heterocycles. The zero-order chi connectivity index (χ0) is 24.1. The van der Waals surface area contributed by atoms with E-state index >= 15 is 0 Å². The summed E-state index contributed by atoms with van der Waals surface area (Å²) in [4.78, 5) is 13.5. The first-order valence-electron chi connectivity index (χ1n) is 11.6. The minimum atomic E-state index is 0.218. The summed E-state index contributed by atoms with van der Waals surface area (Å²) in [7, 11) is 0. The van der Waals surface area contributed by atoms with Crippen LogP contribution in [0.5, 0.6) is 11.5 Å². The Bertz CT molecular complexity index is 1060. The van der Waals surface area contributed by atoms with Crippen molar-refractivity contribution >= 4 is 23.5 Å². The summed E-state index contributed by atoms with van der Waals surface area (Å²) in [6.45, 7) is 3.98. The number of anilines is 4. The predicted molar refractivity (Wildman–Crippen MR) is 133 cm³/mol. The number of nitrogens with two attached hydrogens (primary N) is 1. The van der Waals surface area contributed by atoms with Crippen LogP contribution < -0.4 is 31.2 Å². The summed E-state index contributed by atoms with van der Waals surface area (Å²) in [5, 5.41) is 9.69. The van der Waals surface area contributed by atoms with Gasteiger partial charge < -0.3 is 40.6 Å². The van der Waals surface area contributed by atoms with Crippen molar-refractivity contribution in [3.63, 3.8) is 0 Å². The molecule has 0 spiro atoms. The van der Waals surface area contributed by atoms with E-state index in [0.717, 1.165) is 12.1 Å². The van der Waals surface area contributed by atoms with E-state index in [1.54, 1.807) is 0 Å². The normalized spacial score (nSPS) is 11.9. The lowest BCUT2D eigenvalue weighted by molar-refractivity contribution is 0.0547. The van der Waals surface area contributed by atoms with Crippen molar-refractivity contribution in [3.05, 3.63) is 54.1 Å². The molecule has 0 amide bonds. The molecule has 0 saturated carbocycles. The summed E-state index contributed by atoms with van der Waals surface area (Å²) in [5.74, 6) is 2.70. The zero-order valence-electron chi connectivity index (χ0n) is 19.5. The highest BCUT2D eigenvalue weighted by molar-refractivity contribution is 5.61. The van der Waals surface area contributed by atoms with Gasteiger partial charge in [0.1, 0.15) is 0 Å². The number of rotatable bonds is 15. The second-order valence-electron chi connectivity index (χ2n) is 7.60. The van der Waals surface area contributed by atoms with Crippen LogP contribution in [0.4, 0.5) is 23.5 Å². The van der Waals surface area contributed by atoms with Crippen LogP contribution in [0, 0.1) is 0 Å². The average Bonchev–Trinajstić information content (AvgIpc) is 3.34. The monoisotopic (exact) mass is 481 g/mol. The van der Waals surface area contributed by atoms with E-state index in [1.807, 2.05) is 36.4 Å². The fraction of sp³-hybridized carbons (Fsp3) is 0.375. The molecule has 35 heavy (non-hydrogen) atoms.